The van der Waals surface area contributed by atoms with Gasteiger partial charge in [-0.3, -0.25) is 9.59 Å². The maximum Gasteiger partial charge on any atom is 0.325 e. The molecule has 0 saturated carbocycles. The second-order valence-electron chi connectivity index (χ2n) is 6.34. The van der Waals surface area contributed by atoms with Gasteiger partial charge in [0.15, 0.2) is 0 Å². The lowest BCUT2D eigenvalue weighted by Gasteiger charge is -2.24. The van der Waals surface area contributed by atoms with Crippen molar-refractivity contribution in [3.05, 3.63) is 58.7 Å². The Balaban J connectivity index is 2.19. The molecule has 1 atom stereocenters. The zero-order valence-corrected chi connectivity index (χ0v) is 16.6. The van der Waals surface area contributed by atoms with Crippen LogP contribution < -0.4 is 0 Å². The normalized spacial score (nSPS) is 17.4. The van der Waals surface area contributed by atoms with Gasteiger partial charge in [0.1, 0.15) is 6.54 Å². The van der Waals surface area contributed by atoms with Gasteiger partial charge in [-0.1, -0.05) is 42.0 Å². The molecule has 1 aromatic rings. The number of carbonyl (C=O) groups excluding carboxylic acids is 2. The monoisotopic (exact) mass is 391 g/mol. The van der Waals surface area contributed by atoms with Crippen molar-refractivity contribution >= 4 is 23.5 Å². The summed E-state index contributed by atoms with van der Waals surface area (Å²) >= 11 is 6.20. The number of halogens is 1. The van der Waals surface area contributed by atoms with Gasteiger partial charge >= 0.3 is 5.97 Å². The van der Waals surface area contributed by atoms with Gasteiger partial charge in [0.2, 0.25) is 5.91 Å². The number of benzene rings is 1. The molecular weight excluding hydrogens is 366 g/mol. The SMILES string of the molecule is CCOC(=O)CN1CC(C/C=C\C=C/COC)c2cc(Cl)ccc2CC1=O. The van der Waals surface area contributed by atoms with Crippen LogP contribution in [0.3, 0.4) is 0 Å². The third-order valence-corrected chi connectivity index (χ3v) is 4.61. The predicted octanol–water partition coefficient (Wildman–Crippen LogP) is 3.52. The Labute approximate surface area is 165 Å². The number of ether oxygens (including phenoxy) is 2. The second-order valence-corrected chi connectivity index (χ2v) is 6.78. The Morgan fingerprint density at radius 1 is 1.33 bits per heavy atom. The average Bonchev–Trinajstić information content (AvgIpc) is 2.75. The number of methoxy groups -OCH3 is 1. The van der Waals surface area contributed by atoms with E-state index in [4.69, 9.17) is 21.1 Å². The van der Waals surface area contributed by atoms with Gasteiger partial charge in [0, 0.05) is 24.6 Å². The molecule has 1 aliphatic heterocycles. The summed E-state index contributed by atoms with van der Waals surface area (Å²) in [5, 5.41) is 0.647. The molecule has 0 spiro atoms. The van der Waals surface area contributed by atoms with Crippen LogP contribution in [0.25, 0.3) is 0 Å². The molecule has 146 valence electrons. The van der Waals surface area contributed by atoms with E-state index >= 15 is 0 Å². The van der Waals surface area contributed by atoms with E-state index in [2.05, 4.69) is 6.08 Å². The first-order valence-electron chi connectivity index (χ1n) is 9.07. The van der Waals surface area contributed by atoms with Crippen LogP contribution in [0.15, 0.2) is 42.5 Å². The maximum atomic E-state index is 12.6. The molecule has 2 rings (SSSR count). The van der Waals surface area contributed by atoms with Crippen molar-refractivity contribution in [1.29, 1.82) is 0 Å². The van der Waals surface area contributed by atoms with Crippen LogP contribution in [0, 0.1) is 0 Å². The number of rotatable bonds is 8. The van der Waals surface area contributed by atoms with Crippen LogP contribution in [0.2, 0.25) is 5.02 Å². The smallest absolute Gasteiger partial charge is 0.325 e. The first-order chi connectivity index (χ1) is 13.0. The highest BCUT2D eigenvalue weighted by Crippen LogP contribution is 2.31. The number of hydrogen-bond acceptors (Lipinski definition) is 4. The van der Waals surface area contributed by atoms with E-state index in [0.29, 0.717) is 24.8 Å². The second kappa shape index (κ2) is 10.9. The van der Waals surface area contributed by atoms with E-state index in [1.165, 1.54) is 0 Å². The molecule has 0 saturated heterocycles. The molecular formula is C21H26ClNO4. The average molecular weight is 392 g/mol. The summed E-state index contributed by atoms with van der Waals surface area (Å²) in [5.41, 5.74) is 2.02. The van der Waals surface area contributed by atoms with Crippen molar-refractivity contribution in [2.75, 3.05) is 33.4 Å². The Hall–Kier alpha value is -2.11. The standard InChI is InChI=1S/C21H26ClNO4/c1-3-27-21(25)15-23-14-17(8-6-4-5-7-11-26-2)19-13-18(22)10-9-16(19)12-20(23)24/h4-7,9-10,13,17H,3,8,11-12,14-15H2,1-2H3/b6-4-,7-5-. The number of nitrogens with zero attached hydrogens (tertiary/aromatic N) is 1. The number of hydrogen-bond donors (Lipinski definition) is 0. The van der Waals surface area contributed by atoms with Crippen LogP contribution in [0.4, 0.5) is 0 Å². The van der Waals surface area contributed by atoms with Gasteiger partial charge in [0.25, 0.3) is 0 Å². The molecule has 6 heteroatoms. The first kappa shape index (κ1) is 21.2. The van der Waals surface area contributed by atoms with Crippen molar-refractivity contribution in [1.82, 2.24) is 4.90 Å². The lowest BCUT2D eigenvalue weighted by Crippen LogP contribution is -2.38. The third kappa shape index (κ3) is 6.52. The minimum Gasteiger partial charge on any atom is -0.465 e. The van der Waals surface area contributed by atoms with Gasteiger partial charge in [-0.25, -0.2) is 0 Å². The van der Waals surface area contributed by atoms with E-state index in [9.17, 15) is 9.59 Å². The summed E-state index contributed by atoms with van der Waals surface area (Å²) in [6.07, 6.45) is 8.87. The fourth-order valence-electron chi connectivity index (χ4n) is 3.12. The molecule has 1 aromatic carbocycles. The number of carbonyl (C=O) groups is 2. The van der Waals surface area contributed by atoms with E-state index in [-0.39, 0.29) is 30.8 Å². The van der Waals surface area contributed by atoms with Crippen LogP contribution >= 0.6 is 11.6 Å². The Bertz CT molecular complexity index is 714. The van der Waals surface area contributed by atoms with Crippen molar-refractivity contribution < 1.29 is 19.1 Å². The number of esters is 1. The Morgan fingerprint density at radius 2 is 2.11 bits per heavy atom. The molecule has 0 N–H and O–H groups in total. The summed E-state index contributed by atoms with van der Waals surface area (Å²) in [6, 6.07) is 5.63. The molecule has 1 heterocycles. The summed E-state index contributed by atoms with van der Waals surface area (Å²) < 4.78 is 9.99. The molecule has 0 fully saturated rings. The number of amides is 1. The van der Waals surface area contributed by atoms with Gasteiger partial charge in [-0.15, -0.1) is 0 Å². The van der Waals surface area contributed by atoms with Crippen molar-refractivity contribution in [2.45, 2.75) is 25.7 Å². The van der Waals surface area contributed by atoms with Gasteiger partial charge in [0.05, 0.1) is 19.6 Å². The van der Waals surface area contributed by atoms with Gasteiger partial charge in [-0.05, 0) is 36.6 Å². The predicted molar refractivity (Wildman–Crippen MR) is 106 cm³/mol. The Morgan fingerprint density at radius 3 is 2.85 bits per heavy atom. The molecule has 1 aliphatic rings. The van der Waals surface area contributed by atoms with Crippen molar-refractivity contribution in [3.8, 4) is 0 Å². The highest BCUT2D eigenvalue weighted by molar-refractivity contribution is 6.30. The van der Waals surface area contributed by atoms with Crippen LogP contribution in [0.5, 0.6) is 0 Å². The quantitative estimate of drug-likeness (QED) is 0.502. The first-order valence-corrected chi connectivity index (χ1v) is 9.45. The van der Waals surface area contributed by atoms with Gasteiger partial charge in [-0.2, -0.15) is 0 Å². The topological polar surface area (TPSA) is 55.8 Å². The molecule has 0 aromatic heterocycles. The lowest BCUT2D eigenvalue weighted by molar-refractivity contribution is -0.148. The molecule has 0 radical (unpaired) electrons. The lowest BCUT2D eigenvalue weighted by atomic mass is 9.91. The van der Waals surface area contributed by atoms with E-state index < -0.39 is 0 Å². The highest BCUT2D eigenvalue weighted by atomic mass is 35.5. The van der Waals surface area contributed by atoms with Gasteiger partial charge < -0.3 is 14.4 Å². The van der Waals surface area contributed by atoms with Crippen molar-refractivity contribution in [3.63, 3.8) is 0 Å². The number of fused-ring (bicyclic) bond motifs is 1. The maximum absolute atomic E-state index is 12.6. The van der Waals surface area contributed by atoms with E-state index in [0.717, 1.165) is 17.5 Å². The summed E-state index contributed by atoms with van der Waals surface area (Å²) in [7, 11) is 1.65. The molecule has 1 unspecified atom stereocenters. The zero-order chi connectivity index (χ0) is 19.6. The fourth-order valence-corrected chi connectivity index (χ4v) is 3.30. The highest BCUT2D eigenvalue weighted by Gasteiger charge is 2.28. The van der Waals surface area contributed by atoms with E-state index in [1.54, 1.807) is 25.0 Å². The van der Waals surface area contributed by atoms with E-state index in [1.807, 2.05) is 30.4 Å². The minimum absolute atomic E-state index is 0.0254. The molecule has 5 nitrogen and oxygen atoms in total. The largest absolute Gasteiger partial charge is 0.465 e. The molecule has 0 aliphatic carbocycles. The molecule has 27 heavy (non-hydrogen) atoms. The fraction of sp³-hybridized carbons (Fsp3) is 0.429. The summed E-state index contributed by atoms with van der Waals surface area (Å²) in [4.78, 5) is 26.1. The van der Waals surface area contributed by atoms with Crippen LogP contribution in [0.1, 0.15) is 30.4 Å². The Kier molecular flexibility index (Phi) is 8.55. The molecule has 0 bridgehead atoms. The van der Waals surface area contributed by atoms with Crippen molar-refractivity contribution in [2.24, 2.45) is 0 Å². The molecule has 1 amide bonds. The zero-order valence-electron chi connectivity index (χ0n) is 15.8. The summed E-state index contributed by atoms with van der Waals surface area (Å²) in [6.45, 7) is 3.05. The van der Waals surface area contributed by atoms with Crippen LogP contribution in [-0.2, 0) is 25.5 Å². The van der Waals surface area contributed by atoms with Crippen LogP contribution in [-0.4, -0.2) is 50.2 Å². The third-order valence-electron chi connectivity index (χ3n) is 4.37. The minimum atomic E-state index is -0.383. The summed E-state index contributed by atoms with van der Waals surface area (Å²) in [5.74, 6) is -0.392. The number of allylic oxidation sites excluding steroid dienone is 3.